The highest BCUT2D eigenvalue weighted by Gasteiger charge is 2.55. The zero-order chi connectivity index (χ0) is 16.9. The van der Waals surface area contributed by atoms with Crippen molar-refractivity contribution in [2.45, 2.75) is 33.1 Å². The van der Waals surface area contributed by atoms with Crippen LogP contribution in [0.2, 0.25) is 0 Å². The molecule has 0 radical (unpaired) electrons. The number of methoxy groups -OCH3 is 2. The lowest BCUT2D eigenvalue weighted by atomic mass is 9.63. The molecular formula is C18H24O4. The number of rotatable bonds is 5. The molecule has 0 spiro atoms. The average Bonchev–Trinajstić information content (AvgIpc) is 2.51. The number of carbonyl (C=O) groups excluding carboxylic acids is 2. The van der Waals surface area contributed by atoms with E-state index in [0.717, 1.165) is 17.6 Å². The van der Waals surface area contributed by atoms with Crippen molar-refractivity contribution in [2.75, 3.05) is 14.2 Å². The van der Waals surface area contributed by atoms with Crippen LogP contribution >= 0.6 is 0 Å². The van der Waals surface area contributed by atoms with Gasteiger partial charge in [0, 0.05) is 12.3 Å². The summed E-state index contributed by atoms with van der Waals surface area (Å²) in [7, 11) is 2.52. The first-order chi connectivity index (χ1) is 10.3. The second-order valence-corrected chi connectivity index (χ2v) is 5.85. The summed E-state index contributed by atoms with van der Waals surface area (Å²) < 4.78 is 9.81. The van der Waals surface area contributed by atoms with Crippen molar-refractivity contribution < 1.29 is 19.1 Å². The van der Waals surface area contributed by atoms with Gasteiger partial charge in [0.1, 0.15) is 0 Å². The maximum atomic E-state index is 12.5. The Morgan fingerprint density at radius 1 is 1.41 bits per heavy atom. The molecule has 1 rings (SSSR count). The van der Waals surface area contributed by atoms with Crippen molar-refractivity contribution in [2.24, 2.45) is 17.3 Å². The Morgan fingerprint density at radius 2 is 1.95 bits per heavy atom. The number of terminal acetylenes is 1. The van der Waals surface area contributed by atoms with Gasteiger partial charge in [-0.15, -0.1) is 12.3 Å². The van der Waals surface area contributed by atoms with Gasteiger partial charge in [0.05, 0.1) is 14.2 Å². The molecule has 120 valence electrons. The number of ether oxygens (including phenoxy) is 2. The summed E-state index contributed by atoms with van der Waals surface area (Å²) in [5, 5.41) is 0. The summed E-state index contributed by atoms with van der Waals surface area (Å²) >= 11 is 0. The fraction of sp³-hybridized carbons (Fsp3) is 0.556. The number of allylic oxidation sites excluding steroid dienone is 3. The van der Waals surface area contributed by atoms with Crippen LogP contribution in [-0.2, 0) is 19.1 Å². The molecule has 22 heavy (non-hydrogen) atoms. The van der Waals surface area contributed by atoms with E-state index in [2.05, 4.69) is 12.5 Å². The molecule has 0 fully saturated rings. The molecule has 4 heteroatoms. The topological polar surface area (TPSA) is 52.6 Å². The predicted molar refractivity (Wildman–Crippen MR) is 84.7 cm³/mol. The van der Waals surface area contributed by atoms with E-state index in [9.17, 15) is 9.59 Å². The lowest BCUT2D eigenvalue weighted by Crippen LogP contribution is -2.48. The molecule has 0 aliphatic heterocycles. The van der Waals surface area contributed by atoms with E-state index in [1.54, 1.807) is 0 Å². The maximum absolute atomic E-state index is 12.5. The lowest BCUT2D eigenvalue weighted by molar-refractivity contribution is -0.173. The average molecular weight is 304 g/mol. The Bertz CT molecular complexity index is 520. The number of hydrogen-bond acceptors (Lipinski definition) is 4. The van der Waals surface area contributed by atoms with Gasteiger partial charge in [0.25, 0.3) is 0 Å². The van der Waals surface area contributed by atoms with Gasteiger partial charge in [-0.3, -0.25) is 9.59 Å². The molecular weight excluding hydrogens is 280 g/mol. The molecule has 1 aliphatic rings. The van der Waals surface area contributed by atoms with Crippen LogP contribution in [0.3, 0.4) is 0 Å². The Morgan fingerprint density at radius 3 is 2.36 bits per heavy atom. The summed E-state index contributed by atoms with van der Waals surface area (Å²) in [6.45, 7) is 7.86. The van der Waals surface area contributed by atoms with E-state index < -0.39 is 17.4 Å². The fourth-order valence-corrected chi connectivity index (χ4v) is 3.19. The number of carbonyl (C=O) groups is 2. The second-order valence-electron chi connectivity index (χ2n) is 5.85. The number of esters is 2. The van der Waals surface area contributed by atoms with Crippen molar-refractivity contribution in [3.8, 4) is 12.3 Å². The first-order valence-corrected chi connectivity index (χ1v) is 7.27. The monoisotopic (exact) mass is 304 g/mol. The van der Waals surface area contributed by atoms with Crippen molar-refractivity contribution in [3.05, 3.63) is 23.8 Å². The van der Waals surface area contributed by atoms with Gasteiger partial charge in [-0.05, 0) is 32.6 Å². The summed E-state index contributed by atoms with van der Waals surface area (Å²) in [5.74, 6) is 1.03. The molecule has 0 bridgehead atoms. The van der Waals surface area contributed by atoms with Gasteiger partial charge >= 0.3 is 11.9 Å². The normalized spacial score (nSPS) is 21.3. The van der Waals surface area contributed by atoms with Crippen LogP contribution < -0.4 is 0 Å². The standard InChI is InChI=1S/C18H24O4/c1-7-10-18(16(19)21-5,17(20)22-6)15-11-14(12(2)3)9-8-13(15)4/h1,8,14-15H,2,9-11H2,3-6H3/t14-,15?/m1/s1. The molecule has 0 saturated heterocycles. The maximum Gasteiger partial charge on any atom is 0.324 e. The highest BCUT2D eigenvalue weighted by Crippen LogP contribution is 2.46. The van der Waals surface area contributed by atoms with Crippen LogP contribution in [0.5, 0.6) is 0 Å². The molecule has 1 unspecified atom stereocenters. The van der Waals surface area contributed by atoms with Crippen LogP contribution in [-0.4, -0.2) is 26.2 Å². The summed E-state index contributed by atoms with van der Waals surface area (Å²) in [6, 6.07) is 0. The zero-order valence-electron chi connectivity index (χ0n) is 13.8. The smallest absolute Gasteiger partial charge is 0.324 e. The Hall–Kier alpha value is -2.02. The number of hydrogen-bond donors (Lipinski definition) is 0. The molecule has 0 saturated carbocycles. The first kappa shape index (κ1) is 18.0. The molecule has 1 aliphatic carbocycles. The van der Waals surface area contributed by atoms with Crippen LogP contribution in [0.15, 0.2) is 23.8 Å². The van der Waals surface area contributed by atoms with Crippen molar-refractivity contribution in [1.29, 1.82) is 0 Å². The summed E-state index contributed by atoms with van der Waals surface area (Å²) in [4.78, 5) is 25.0. The quantitative estimate of drug-likeness (QED) is 0.339. The van der Waals surface area contributed by atoms with Crippen LogP contribution in [0.1, 0.15) is 33.1 Å². The zero-order valence-corrected chi connectivity index (χ0v) is 13.8. The summed E-state index contributed by atoms with van der Waals surface area (Å²) in [5.41, 5.74) is 0.495. The third kappa shape index (κ3) is 3.09. The van der Waals surface area contributed by atoms with Gasteiger partial charge in [-0.2, -0.15) is 0 Å². The SMILES string of the molecule is C#CCC(C(=O)OC)(C(=O)OC)C1C[C@H](C(=C)C)CC=C1C. The molecule has 2 atom stereocenters. The molecule has 0 N–H and O–H groups in total. The molecule has 0 heterocycles. The molecule has 0 aromatic carbocycles. The van der Waals surface area contributed by atoms with Gasteiger partial charge in [0.2, 0.25) is 0 Å². The molecule has 0 aromatic heterocycles. The first-order valence-electron chi connectivity index (χ1n) is 7.27. The van der Waals surface area contributed by atoms with Crippen molar-refractivity contribution in [1.82, 2.24) is 0 Å². The van der Waals surface area contributed by atoms with Crippen LogP contribution in [0, 0.1) is 29.6 Å². The highest BCUT2D eigenvalue weighted by molar-refractivity contribution is 6.01. The Balaban J connectivity index is 3.42. The van der Waals surface area contributed by atoms with E-state index in [1.807, 2.05) is 19.9 Å². The predicted octanol–water partition coefficient (Wildman–Crippen LogP) is 2.89. The molecule has 0 aromatic rings. The second kappa shape index (κ2) is 7.31. The minimum Gasteiger partial charge on any atom is -0.468 e. The van der Waals surface area contributed by atoms with E-state index in [0.29, 0.717) is 6.42 Å². The van der Waals surface area contributed by atoms with Crippen LogP contribution in [0.4, 0.5) is 0 Å². The van der Waals surface area contributed by atoms with Crippen LogP contribution in [0.25, 0.3) is 0 Å². The molecule has 0 amide bonds. The third-order valence-electron chi connectivity index (χ3n) is 4.57. The van der Waals surface area contributed by atoms with E-state index >= 15 is 0 Å². The fourth-order valence-electron chi connectivity index (χ4n) is 3.19. The third-order valence-corrected chi connectivity index (χ3v) is 4.57. The summed E-state index contributed by atoms with van der Waals surface area (Å²) in [6.07, 6.45) is 8.92. The Labute approximate surface area is 132 Å². The lowest BCUT2D eigenvalue weighted by Gasteiger charge is -2.39. The minimum atomic E-state index is -1.49. The van der Waals surface area contributed by atoms with Crippen molar-refractivity contribution >= 4 is 11.9 Å². The largest absolute Gasteiger partial charge is 0.468 e. The van der Waals surface area contributed by atoms with Gasteiger partial charge in [0.15, 0.2) is 5.41 Å². The van der Waals surface area contributed by atoms with Gasteiger partial charge < -0.3 is 9.47 Å². The molecule has 4 nitrogen and oxygen atoms in total. The Kier molecular flexibility index (Phi) is 5.99. The van der Waals surface area contributed by atoms with Gasteiger partial charge in [-0.1, -0.05) is 23.8 Å². The highest BCUT2D eigenvalue weighted by atomic mass is 16.5. The minimum absolute atomic E-state index is 0.0505. The van der Waals surface area contributed by atoms with E-state index in [1.165, 1.54) is 14.2 Å². The van der Waals surface area contributed by atoms with Crippen molar-refractivity contribution in [3.63, 3.8) is 0 Å². The van der Waals surface area contributed by atoms with E-state index in [-0.39, 0.29) is 18.3 Å². The van der Waals surface area contributed by atoms with E-state index in [4.69, 9.17) is 15.9 Å². The van der Waals surface area contributed by atoms with Gasteiger partial charge in [-0.25, -0.2) is 0 Å².